The molecule has 5 heteroatoms. The van der Waals surface area contributed by atoms with E-state index in [0.29, 0.717) is 5.82 Å². The van der Waals surface area contributed by atoms with Gasteiger partial charge < -0.3 is 11.1 Å². The number of nitrogens with two attached hydrogens (primary N) is 1. The van der Waals surface area contributed by atoms with Crippen LogP contribution in [0.4, 0.5) is 17.3 Å². The number of aromatic nitrogens is 2. The molecule has 94 valence electrons. The number of para-hydroxylation sites is 1. The van der Waals surface area contributed by atoms with Gasteiger partial charge in [0.1, 0.15) is 17.5 Å². The largest absolute Gasteiger partial charge is 0.383 e. The zero-order valence-corrected chi connectivity index (χ0v) is 12.5. The van der Waals surface area contributed by atoms with E-state index in [-0.39, 0.29) is 0 Å². The molecule has 0 bridgehead atoms. The van der Waals surface area contributed by atoms with Gasteiger partial charge in [-0.05, 0) is 41.6 Å². The van der Waals surface area contributed by atoms with Crippen molar-refractivity contribution in [3.8, 4) is 0 Å². The molecular formula is C13H15IN4. The van der Waals surface area contributed by atoms with E-state index >= 15 is 0 Å². The van der Waals surface area contributed by atoms with Crippen molar-refractivity contribution in [2.75, 3.05) is 11.1 Å². The Balaban J connectivity index is 2.40. The number of hydrogen-bond donors (Lipinski definition) is 2. The number of anilines is 3. The summed E-state index contributed by atoms with van der Waals surface area (Å²) < 4.78 is 1.14. The van der Waals surface area contributed by atoms with Crippen LogP contribution in [0.5, 0.6) is 0 Å². The minimum atomic E-state index is 0.537. The van der Waals surface area contributed by atoms with Gasteiger partial charge in [-0.3, -0.25) is 0 Å². The summed E-state index contributed by atoms with van der Waals surface area (Å²) in [5, 5.41) is 3.32. The van der Waals surface area contributed by atoms with E-state index in [1.807, 2.05) is 38.1 Å². The summed E-state index contributed by atoms with van der Waals surface area (Å²) in [6.07, 6.45) is 0.769. The highest BCUT2D eigenvalue weighted by molar-refractivity contribution is 14.1. The molecule has 0 atom stereocenters. The maximum Gasteiger partial charge on any atom is 0.139 e. The lowest BCUT2D eigenvalue weighted by Crippen LogP contribution is -2.07. The molecule has 1 aromatic heterocycles. The van der Waals surface area contributed by atoms with Crippen molar-refractivity contribution in [1.82, 2.24) is 9.97 Å². The quantitative estimate of drug-likeness (QED) is 0.831. The molecule has 0 saturated heterocycles. The predicted molar refractivity (Wildman–Crippen MR) is 83.0 cm³/mol. The van der Waals surface area contributed by atoms with E-state index < -0.39 is 0 Å². The number of hydrogen-bond acceptors (Lipinski definition) is 4. The first-order valence-electron chi connectivity index (χ1n) is 5.76. The van der Waals surface area contributed by atoms with Gasteiger partial charge >= 0.3 is 0 Å². The van der Waals surface area contributed by atoms with E-state index in [2.05, 4.69) is 37.9 Å². The fraction of sp³-hybridized carbons (Fsp3) is 0.231. The summed E-state index contributed by atoms with van der Waals surface area (Å²) in [5.41, 5.74) is 7.81. The standard InChI is InChI=1S/C13H15IN4/c1-3-11-17-12(15)8(2)13(18-11)16-10-7-5-4-6-9(10)14/h4-7H,3H2,1-2H3,(H3,15,16,17,18). The third-order valence-electron chi connectivity index (χ3n) is 2.67. The van der Waals surface area contributed by atoms with Crippen LogP contribution in [0.25, 0.3) is 0 Å². The van der Waals surface area contributed by atoms with Gasteiger partial charge in [-0.25, -0.2) is 9.97 Å². The van der Waals surface area contributed by atoms with Gasteiger partial charge in [0, 0.05) is 15.6 Å². The number of nitrogen functional groups attached to an aromatic ring is 1. The van der Waals surface area contributed by atoms with Crippen LogP contribution in [0.3, 0.4) is 0 Å². The molecule has 0 aliphatic heterocycles. The van der Waals surface area contributed by atoms with E-state index in [4.69, 9.17) is 5.73 Å². The Kier molecular flexibility index (Phi) is 4.00. The number of nitrogens with one attached hydrogen (secondary N) is 1. The second kappa shape index (κ2) is 5.51. The molecule has 0 unspecified atom stereocenters. The number of halogens is 1. The summed E-state index contributed by atoms with van der Waals surface area (Å²) in [4.78, 5) is 8.72. The zero-order chi connectivity index (χ0) is 13.1. The maximum atomic E-state index is 5.90. The number of nitrogens with zero attached hydrogens (tertiary/aromatic N) is 2. The smallest absolute Gasteiger partial charge is 0.139 e. The van der Waals surface area contributed by atoms with Gasteiger partial charge in [0.05, 0.1) is 5.69 Å². The highest BCUT2D eigenvalue weighted by atomic mass is 127. The third-order valence-corrected chi connectivity index (χ3v) is 3.61. The van der Waals surface area contributed by atoms with E-state index in [0.717, 1.165) is 32.9 Å². The first kappa shape index (κ1) is 13.1. The Bertz CT molecular complexity index is 569. The summed E-state index contributed by atoms with van der Waals surface area (Å²) in [6, 6.07) is 8.06. The van der Waals surface area contributed by atoms with Crippen molar-refractivity contribution < 1.29 is 0 Å². The molecule has 2 rings (SSSR count). The Labute approximate surface area is 120 Å². The average molecular weight is 354 g/mol. The first-order valence-corrected chi connectivity index (χ1v) is 6.84. The summed E-state index contributed by atoms with van der Waals surface area (Å²) in [6.45, 7) is 3.94. The van der Waals surface area contributed by atoms with Crippen LogP contribution in [0.1, 0.15) is 18.3 Å². The molecule has 1 heterocycles. The zero-order valence-electron chi connectivity index (χ0n) is 10.4. The van der Waals surface area contributed by atoms with Crippen LogP contribution in [0.2, 0.25) is 0 Å². The second-order valence-corrected chi connectivity index (χ2v) is 5.12. The predicted octanol–water partition coefficient (Wildman–Crippen LogP) is 3.28. The van der Waals surface area contributed by atoms with E-state index in [9.17, 15) is 0 Å². The number of benzene rings is 1. The van der Waals surface area contributed by atoms with Gasteiger partial charge in [-0.1, -0.05) is 19.1 Å². The van der Waals surface area contributed by atoms with Crippen LogP contribution >= 0.6 is 22.6 Å². The normalized spacial score (nSPS) is 10.4. The fourth-order valence-electron chi connectivity index (χ4n) is 1.55. The molecule has 0 amide bonds. The molecule has 1 aromatic carbocycles. The van der Waals surface area contributed by atoms with Crippen molar-refractivity contribution in [2.45, 2.75) is 20.3 Å². The summed E-state index contributed by atoms with van der Waals surface area (Å²) in [5.74, 6) is 2.07. The van der Waals surface area contributed by atoms with Crippen molar-refractivity contribution in [3.05, 3.63) is 39.2 Å². The first-order chi connectivity index (χ1) is 8.61. The number of rotatable bonds is 3. The second-order valence-electron chi connectivity index (χ2n) is 3.96. The minimum Gasteiger partial charge on any atom is -0.383 e. The molecule has 18 heavy (non-hydrogen) atoms. The Hall–Kier alpha value is -1.37. The SMILES string of the molecule is CCc1nc(N)c(C)c(Nc2ccccc2I)n1. The van der Waals surface area contributed by atoms with E-state index in [1.54, 1.807) is 0 Å². The average Bonchev–Trinajstić information content (AvgIpc) is 2.37. The van der Waals surface area contributed by atoms with Crippen molar-refractivity contribution in [2.24, 2.45) is 0 Å². The molecule has 0 aliphatic carbocycles. The Morgan fingerprint density at radius 1 is 1.28 bits per heavy atom. The maximum absolute atomic E-state index is 5.90. The fourth-order valence-corrected chi connectivity index (χ4v) is 2.07. The molecule has 0 fully saturated rings. The van der Waals surface area contributed by atoms with Crippen LogP contribution in [-0.2, 0) is 6.42 Å². The highest BCUT2D eigenvalue weighted by Crippen LogP contribution is 2.25. The highest BCUT2D eigenvalue weighted by Gasteiger charge is 2.09. The molecule has 4 nitrogen and oxygen atoms in total. The third kappa shape index (κ3) is 2.72. The lowest BCUT2D eigenvalue weighted by molar-refractivity contribution is 0.940. The van der Waals surface area contributed by atoms with Crippen molar-refractivity contribution in [1.29, 1.82) is 0 Å². The van der Waals surface area contributed by atoms with Crippen LogP contribution < -0.4 is 11.1 Å². The lowest BCUT2D eigenvalue weighted by Gasteiger charge is -2.12. The van der Waals surface area contributed by atoms with Crippen LogP contribution in [0, 0.1) is 10.5 Å². The van der Waals surface area contributed by atoms with Gasteiger partial charge in [0.25, 0.3) is 0 Å². The van der Waals surface area contributed by atoms with Gasteiger partial charge in [-0.2, -0.15) is 0 Å². The number of aryl methyl sites for hydroxylation is 1. The Morgan fingerprint density at radius 2 is 2.00 bits per heavy atom. The van der Waals surface area contributed by atoms with Crippen molar-refractivity contribution in [3.63, 3.8) is 0 Å². The van der Waals surface area contributed by atoms with Crippen molar-refractivity contribution >= 4 is 39.9 Å². The molecule has 0 radical (unpaired) electrons. The lowest BCUT2D eigenvalue weighted by atomic mass is 10.2. The van der Waals surface area contributed by atoms with Gasteiger partial charge in [0.15, 0.2) is 0 Å². The van der Waals surface area contributed by atoms with Gasteiger partial charge in [-0.15, -0.1) is 0 Å². The molecule has 2 aromatic rings. The van der Waals surface area contributed by atoms with Crippen LogP contribution in [-0.4, -0.2) is 9.97 Å². The topological polar surface area (TPSA) is 63.8 Å². The monoisotopic (exact) mass is 354 g/mol. The summed E-state index contributed by atoms with van der Waals surface area (Å²) in [7, 11) is 0. The molecular weight excluding hydrogens is 339 g/mol. The van der Waals surface area contributed by atoms with Crippen LogP contribution in [0.15, 0.2) is 24.3 Å². The minimum absolute atomic E-state index is 0.537. The molecule has 3 N–H and O–H groups in total. The molecule has 0 aliphatic rings. The Morgan fingerprint density at radius 3 is 2.67 bits per heavy atom. The summed E-state index contributed by atoms with van der Waals surface area (Å²) >= 11 is 2.29. The van der Waals surface area contributed by atoms with Gasteiger partial charge in [0.2, 0.25) is 0 Å². The van der Waals surface area contributed by atoms with E-state index in [1.165, 1.54) is 0 Å². The molecule has 0 spiro atoms. The molecule has 0 saturated carbocycles.